The Kier molecular flexibility index (Phi) is 4.42. The predicted octanol–water partition coefficient (Wildman–Crippen LogP) is 3.45. The quantitative estimate of drug-likeness (QED) is 0.676. The van der Waals surface area contributed by atoms with Gasteiger partial charge >= 0.3 is 0 Å². The smallest absolute Gasteiger partial charge is 0.259 e. The highest BCUT2D eigenvalue weighted by atomic mass is 35.5. The molecule has 8 heteroatoms. The Bertz CT molecular complexity index is 1070. The van der Waals surface area contributed by atoms with E-state index in [0.717, 1.165) is 0 Å². The highest BCUT2D eigenvalue weighted by molar-refractivity contribution is 6.30. The fraction of sp³-hybridized carbons (Fsp3) is 0.211. The number of furan rings is 1. The van der Waals surface area contributed by atoms with Gasteiger partial charge in [-0.2, -0.15) is 5.26 Å². The number of halogens is 2. The number of carbonyl (C=O) groups excluding carboxylic acids is 1. The summed E-state index contributed by atoms with van der Waals surface area (Å²) in [5.74, 6) is -0.634. The summed E-state index contributed by atoms with van der Waals surface area (Å²) in [4.78, 5) is 20.6. The molecule has 3 aromatic rings. The maximum atomic E-state index is 13.7. The van der Waals surface area contributed by atoms with Gasteiger partial charge in [-0.15, -0.1) is 0 Å². The average molecular weight is 385 g/mol. The summed E-state index contributed by atoms with van der Waals surface area (Å²) in [7, 11) is 0. The Morgan fingerprint density at radius 1 is 1.19 bits per heavy atom. The van der Waals surface area contributed by atoms with Crippen LogP contribution >= 0.6 is 11.6 Å². The molecule has 0 radical (unpaired) electrons. The minimum atomic E-state index is -0.449. The van der Waals surface area contributed by atoms with Crippen LogP contribution in [0.4, 0.5) is 10.1 Å². The molecular formula is C19H14ClFN4O2. The number of carbonyl (C=O) groups is 1. The molecule has 2 aromatic heterocycles. The van der Waals surface area contributed by atoms with Gasteiger partial charge in [0.2, 0.25) is 0 Å². The Balaban J connectivity index is 1.51. The molecule has 136 valence electrons. The monoisotopic (exact) mass is 384 g/mol. The molecule has 0 bridgehead atoms. The molecule has 1 fully saturated rings. The van der Waals surface area contributed by atoms with E-state index in [1.165, 1.54) is 18.3 Å². The summed E-state index contributed by atoms with van der Waals surface area (Å²) in [5.41, 5.74) is 1.70. The van der Waals surface area contributed by atoms with Gasteiger partial charge in [-0.25, -0.2) is 4.39 Å². The van der Waals surface area contributed by atoms with E-state index in [2.05, 4.69) is 4.98 Å². The zero-order valence-corrected chi connectivity index (χ0v) is 14.9. The number of benzene rings is 1. The van der Waals surface area contributed by atoms with E-state index in [4.69, 9.17) is 21.3 Å². The number of anilines is 1. The summed E-state index contributed by atoms with van der Waals surface area (Å²) < 4.78 is 19.1. The van der Waals surface area contributed by atoms with E-state index < -0.39 is 5.82 Å². The van der Waals surface area contributed by atoms with Crippen molar-refractivity contribution in [1.29, 1.82) is 5.26 Å². The van der Waals surface area contributed by atoms with Crippen molar-refractivity contribution < 1.29 is 13.6 Å². The van der Waals surface area contributed by atoms with E-state index in [1.54, 1.807) is 23.2 Å². The summed E-state index contributed by atoms with van der Waals surface area (Å²) >= 11 is 5.89. The molecule has 0 N–H and O–H groups in total. The SMILES string of the molecule is N#Cc1cc(F)cc(N2CCN(C(=O)c3cncc4cc(Cl)oc34)CC2)c1. The van der Waals surface area contributed by atoms with Gasteiger partial charge in [-0.05, 0) is 29.8 Å². The van der Waals surface area contributed by atoms with Crippen LogP contribution in [0.15, 0.2) is 41.1 Å². The Hall–Kier alpha value is -3.11. The van der Waals surface area contributed by atoms with E-state index in [1.807, 2.05) is 11.0 Å². The first-order valence-corrected chi connectivity index (χ1v) is 8.71. The Labute approximate surface area is 159 Å². The number of nitriles is 1. The largest absolute Gasteiger partial charge is 0.444 e. The standard InChI is InChI=1S/C19H14ClFN4O2/c20-17-7-13-10-23-11-16(18(13)27-17)19(26)25-3-1-24(2-4-25)15-6-12(9-22)5-14(21)8-15/h5-8,10-11H,1-4H2. The molecule has 1 aromatic carbocycles. The van der Waals surface area contributed by atoms with Crippen LogP contribution in [-0.4, -0.2) is 42.0 Å². The van der Waals surface area contributed by atoms with E-state index >= 15 is 0 Å². The lowest BCUT2D eigenvalue weighted by atomic mass is 10.1. The Morgan fingerprint density at radius 2 is 1.96 bits per heavy atom. The van der Waals surface area contributed by atoms with Crippen LogP contribution in [0.5, 0.6) is 0 Å². The van der Waals surface area contributed by atoms with Crippen molar-refractivity contribution in [2.24, 2.45) is 0 Å². The fourth-order valence-electron chi connectivity index (χ4n) is 3.24. The molecule has 0 spiro atoms. The van der Waals surface area contributed by atoms with Gasteiger partial charge in [0.25, 0.3) is 5.91 Å². The molecule has 3 heterocycles. The second-order valence-electron chi connectivity index (χ2n) is 6.25. The molecule has 1 saturated heterocycles. The first-order chi connectivity index (χ1) is 13.0. The maximum Gasteiger partial charge on any atom is 0.259 e. The van der Waals surface area contributed by atoms with Crippen molar-refractivity contribution in [3.63, 3.8) is 0 Å². The average Bonchev–Trinajstić information content (AvgIpc) is 3.07. The van der Waals surface area contributed by atoms with Gasteiger partial charge in [0.15, 0.2) is 10.8 Å². The number of pyridine rings is 1. The minimum absolute atomic E-state index is 0.185. The third-order valence-electron chi connectivity index (χ3n) is 4.57. The number of fused-ring (bicyclic) bond motifs is 1. The van der Waals surface area contributed by atoms with Gasteiger partial charge in [-0.3, -0.25) is 9.78 Å². The van der Waals surface area contributed by atoms with Crippen LogP contribution < -0.4 is 4.90 Å². The lowest BCUT2D eigenvalue weighted by Gasteiger charge is -2.36. The third kappa shape index (κ3) is 3.32. The topological polar surface area (TPSA) is 73.4 Å². The molecule has 0 saturated carbocycles. The maximum absolute atomic E-state index is 13.7. The fourth-order valence-corrected chi connectivity index (χ4v) is 3.44. The second kappa shape index (κ2) is 6.89. The van der Waals surface area contributed by atoms with Crippen LogP contribution in [0.2, 0.25) is 5.22 Å². The molecule has 0 atom stereocenters. The van der Waals surface area contributed by atoms with Crippen molar-refractivity contribution in [1.82, 2.24) is 9.88 Å². The van der Waals surface area contributed by atoms with E-state index in [9.17, 15) is 9.18 Å². The highest BCUT2D eigenvalue weighted by Crippen LogP contribution is 2.27. The van der Waals surface area contributed by atoms with Crippen molar-refractivity contribution in [3.8, 4) is 6.07 Å². The summed E-state index contributed by atoms with van der Waals surface area (Å²) in [5, 5.41) is 9.88. The predicted molar refractivity (Wildman–Crippen MR) is 98.3 cm³/mol. The third-order valence-corrected chi connectivity index (χ3v) is 4.75. The minimum Gasteiger partial charge on any atom is -0.444 e. The summed E-state index contributed by atoms with van der Waals surface area (Å²) in [6, 6.07) is 7.82. The van der Waals surface area contributed by atoms with Crippen LogP contribution in [0.25, 0.3) is 11.0 Å². The zero-order chi connectivity index (χ0) is 19.0. The van der Waals surface area contributed by atoms with Crippen molar-refractivity contribution >= 4 is 34.2 Å². The van der Waals surface area contributed by atoms with Crippen molar-refractivity contribution in [2.75, 3.05) is 31.1 Å². The molecule has 0 unspecified atom stereocenters. The number of nitrogens with zero attached hydrogens (tertiary/aromatic N) is 4. The van der Waals surface area contributed by atoms with Gasteiger partial charge in [-0.1, -0.05) is 0 Å². The molecule has 6 nitrogen and oxygen atoms in total. The van der Waals surface area contributed by atoms with Gasteiger partial charge in [0, 0.05) is 55.7 Å². The summed E-state index contributed by atoms with van der Waals surface area (Å²) in [6.07, 6.45) is 3.07. The van der Waals surface area contributed by atoms with Crippen LogP contribution in [-0.2, 0) is 0 Å². The van der Waals surface area contributed by atoms with Gasteiger partial charge < -0.3 is 14.2 Å². The molecule has 4 rings (SSSR count). The number of aromatic nitrogens is 1. The lowest BCUT2D eigenvalue weighted by Crippen LogP contribution is -2.48. The lowest BCUT2D eigenvalue weighted by molar-refractivity contribution is 0.0747. The van der Waals surface area contributed by atoms with E-state index in [-0.39, 0.29) is 16.7 Å². The van der Waals surface area contributed by atoms with Gasteiger partial charge in [0.1, 0.15) is 11.4 Å². The van der Waals surface area contributed by atoms with Crippen molar-refractivity contribution in [3.05, 3.63) is 58.8 Å². The Morgan fingerprint density at radius 3 is 2.70 bits per heavy atom. The second-order valence-corrected chi connectivity index (χ2v) is 6.62. The first-order valence-electron chi connectivity index (χ1n) is 8.33. The van der Waals surface area contributed by atoms with Crippen LogP contribution in [0.3, 0.4) is 0 Å². The molecule has 27 heavy (non-hydrogen) atoms. The number of hydrogen-bond donors (Lipinski definition) is 0. The molecule has 0 aliphatic carbocycles. The molecule has 1 aliphatic rings. The summed E-state index contributed by atoms with van der Waals surface area (Å²) in [6.45, 7) is 1.98. The van der Waals surface area contributed by atoms with E-state index in [0.29, 0.717) is 48.4 Å². The van der Waals surface area contributed by atoms with Crippen LogP contribution in [0.1, 0.15) is 15.9 Å². The van der Waals surface area contributed by atoms with Crippen molar-refractivity contribution in [2.45, 2.75) is 0 Å². The normalized spacial score (nSPS) is 14.4. The first kappa shape index (κ1) is 17.3. The number of rotatable bonds is 2. The molecular weight excluding hydrogens is 371 g/mol. The molecule has 1 aliphatic heterocycles. The van der Waals surface area contributed by atoms with Gasteiger partial charge in [0.05, 0.1) is 11.6 Å². The van der Waals surface area contributed by atoms with Crippen LogP contribution in [0, 0.1) is 17.1 Å². The number of amides is 1. The zero-order valence-electron chi connectivity index (χ0n) is 14.2. The number of hydrogen-bond acceptors (Lipinski definition) is 5. The molecule has 1 amide bonds. The highest BCUT2D eigenvalue weighted by Gasteiger charge is 2.25. The number of piperazine rings is 1.